The van der Waals surface area contributed by atoms with Gasteiger partial charge in [0.1, 0.15) is 0 Å². The lowest BCUT2D eigenvalue weighted by Gasteiger charge is -2.54. The highest BCUT2D eigenvalue weighted by Gasteiger charge is 2.50. The first-order valence-corrected chi connectivity index (χ1v) is 12.9. The van der Waals surface area contributed by atoms with Crippen LogP contribution in [0.5, 0.6) is 0 Å². The Balaban J connectivity index is 1.14. The first-order valence-electron chi connectivity index (χ1n) is 12.1. The van der Waals surface area contributed by atoms with E-state index in [1.165, 1.54) is 47.7 Å². The Morgan fingerprint density at radius 2 is 1.77 bits per heavy atom. The number of nitrogens with zero attached hydrogens (tertiary/aromatic N) is 1. The quantitative estimate of drug-likeness (QED) is 0.652. The van der Waals surface area contributed by atoms with Crippen LogP contribution in [-0.2, 0) is 5.41 Å². The van der Waals surface area contributed by atoms with Crippen LogP contribution in [0, 0.1) is 23.7 Å². The Morgan fingerprint density at radius 1 is 1.10 bits per heavy atom. The second-order valence-electron chi connectivity index (χ2n) is 11.0. The average Bonchev–Trinajstić information content (AvgIpc) is 3.05. The number of benzene rings is 1. The Labute approximate surface area is 188 Å². The maximum absolute atomic E-state index is 13.2. The van der Waals surface area contributed by atoms with E-state index in [0.29, 0.717) is 18.5 Å². The van der Waals surface area contributed by atoms with Gasteiger partial charge in [-0.25, -0.2) is 4.79 Å². The number of hydrogen-bond acceptors (Lipinski definition) is 2. The number of piperidine rings is 1. The van der Waals surface area contributed by atoms with Crippen LogP contribution in [0.4, 0.5) is 4.79 Å². The van der Waals surface area contributed by atoms with E-state index < -0.39 is 0 Å². The zero-order valence-corrected chi connectivity index (χ0v) is 19.4. The summed E-state index contributed by atoms with van der Waals surface area (Å²) in [6, 6.07) is 7.20. The molecule has 0 radical (unpaired) electrons. The first kappa shape index (κ1) is 19.6. The minimum absolute atomic E-state index is 0.179. The third-order valence-corrected chi connectivity index (χ3v) is 10.1. The van der Waals surface area contributed by atoms with Crippen molar-refractivity contribution in [3.63, 3.8) is 0 Å². The highest BCUT2D eigenvalue weighted by Crippen LogP contribution is 2.55. The fourth-order valence-electron chi connectivity index (χ4n) is 8.32. The molecule has 7 rings (SSSR count). The molecule has 162 valence electrons. The van der Waals surface area contributed by atoms with Crippen LogP contribution in [0.1, 0.15) is 68.4 Å². The van der Waals surface area contributed by atoms with Gasteiger partial charge >= 0.3 is 6.03 Å². The number of likely N-dealkylation sites (tertiary alicyclic amines) is 1. The molecule has 4 nitrogen and oxygen atoms in total. The third-order valence-electron chi connectivity index (χ3n) is 9.46. The van der Waals surface area contributed by atoms with Crippen LogP contribution in [0.25, 0.3) is 0 Å². The van der Waals surface area contributed by atoms with Crippen LogP contribution in [0.2, 0.25) is 0 Å². The van der Waals surface area contributed by atoms with Gasteiger partial charge in [-0.15, -0.1) is 0 Å². The molecular formula is C25H34BrN3O. The summed E-state index contributed by atoms with van der Waals surface area (Å²) >= 11 is 3.83. The van der Waals surface area contributed by atoms with Gasteiger partial charge in [-0.2, -0.15) is 0 Å². The van der Waals surface area contributed by atoms with E-state index in [2.05, 4.69) is 44.3 Å². The van der Waals surface area contributed by atoms with Gasteiger partial charge in [0.15, 0.2) is 0 Å². The molecule has 4 bridgehead atoms. The number of urea groups is 1. The second kappa shape index (κ2) is 7.23. The summed E-state index contributed by atoms with van der Waals surface area (Å²) in [5, 5.41) is 3.52. The number of nitrogens with two attached hydrogens (primary N) is 1. The molecule has 3 N–H and O–H groups in total. The summed E-state index contributed by atoms with van der Waals surface area (Å²) < 4.78 is 1.22. The number of rotatable bonds is 2. The molecule has 1 aliphatic heterocycles. The van der Waals surface area contributed by atoms with Crippen molar-refractivity contribution >= 4 is 22.0 Å². The third kappa shape index (κ3) is 2.98. The molecule has 1 atom stereocenters. The maximum Gasteiger partial charge on any atom is 0.317 e. The Bertz CT molecular complexity index is 819. The predicted molar refractivity (Wildman–Crippen MR) is 122 cm³/mol. The normalized spacial score (nSPS) is 38.1. The summed E-state index contributed by atoms with van der Waals surface area (Å²) in [6.45, 7) is 2.43. The lowest BCUT2D eigenvalue weighted by molar-refractivity contribution is -0.0115. The highest BCUT2D eigenvalue weighted by atomic mass is 79.9. The molecule has 2 amide bonds. The Kier molecular flexibility index (Phi) is 4.72. The van der Waals surface area contributed by atoms with Crippen molar-refractivity contribution in [2.24, 2.45) is 29.4 Å². The van der Waals surface area contributed by atoms with Crippen LogP contribution in [0.15, 0.2) is 22.7 Å². The molecule has 6 aliphatic rings. The molecule has 1 unspecified atom stereocenters. The molecule has 1 spiro atoms. The number of amides is 2. The SMILES string of the molecule is NCC1CC2(CCN(C(=O)NC3C4CC5CC(C4)CC3C5)CC2)c2c(Br)cccc21. The van der Waals surface area contributed by atoms with Crippen molar-refractivity contribution in [3.8, 4) is 0 Å². The summed E-state index contributed by atoms with van der Waals surface area (Å²) in [7, 11) is 0. The number of fused-ring (bicyclic) bond motifs is 2. The van der Waals surface area contributed by atoms with E-state index in [4.69, 9.17) is 5.73 Å². The molecule has 5 aliphatic carbocycles. The van der Waals surface area contributed by atoms with Crippen molar-refractivity contribution in [1.29, 1.82) is 0 Å². The molecular weight excluding hydrogens is 438 g/mol. The van der Waals surface area contributed by atoms with Gasteiger partial charge in [0.2, 0.25) is 0 Å². The largest absolute Gasteiger partial charge is 0.335 e. The number of hydrogen-bond donors (Lipinski definition) is 2. The van der Waals surface area contributed by atoms with Crippen molar-refractivity contribution in [1.82, 2.24) is 10.2 Å². The highest BCUT2D eigenvalue weighted by molar-refractivity contribution is 9.10. The van der Waals surface area contributed by atoms with Gasteiger partial charge in [-0.1, -0.05) is 28.1 Å². The topological polar surface area (TPSA) is 58.4 Å². The van der Waals surface area contributed by atoms with E-state index in [0.717, 1.165) is 56.0 Å². The predicted octanol–water partition coefficient (Wildman–Crippen LogP) is 4.76. The van der Waals surface area contributed by atoms with E-state index in [-0.39, 0.29) is 11.4 Å². The minimum atomic E-state index is 0.179. The molecule has 1 aromatic carbocycles. The lowest BCUT2D eigenvalue weighted by atomic mass is 9.54. The lowest BCUT2D eigenvalue weighted by Crippen LogP contribution is -2.59. The zero-order chi connectivity index (χ0) is 20.5. The first-order chi connectivity index (χ1) is 14.6. The standard InChI is InChI=1S/C25H34BrN3O/c26-21-3-1-2-20-19(14-27)13-25(22(20)21)4-6-29(7-5-25)24(30)28-23-17-9-15-8-16(11-17)12-18(23)10-15/h1-3,15-19,23H,4-14,27H2,(H,28,30). The molecule has 1 aromatic rings. The van der Waals surface area contributed by atoms with Crippen LogP contribution in [0.3, 0.4) is 0 Å². The number of carbonyl (C=O) groups excluding carboxylic acids is 1. The molecule has 5 fully saturated rings. The zero-order valence-electron chi connectivity index (χ0n) is 17.8. The molecule has 0 aromatic heterocycles. The maximum atomic E-state index is 13.2. The van der Waals surface area contributed by atoms with Gasteiger partial charge in [-0.05, 0) is 105 Å². The van der Waals surface area contributed by atoms with Gasteiger partial charge in [0, 0.05) is 29.0 Å². The minimum Gasteiger partial charge on any atom is -0.335 e. The summed E-state index contributed by atoms with van der Waals surface area (Å²) in [5.74, 6) is 3.83. The van der Waals surface area contributed by atoms with Gasteiger partial charge < -0.3 is 16.0 Å². The van der Waals surface area contributed by atoms with E-state index in [9.17, 15) is 4.79 Å². The van der Waals surface area contributed by atoms with E-state index in [1.54, 1.807) is 0 Å². The summed E-state index contributed by atoms with van der Waals surface area (Å²) in [6.07, 6.45) is 10.1. The van der Waals surface area contributed by atoms with E-state index >= 15 is 0 Å². The van der Waals surface area contributed by atoms with Gasteiger partial charge in [0.25, 0.3) is 0 Å². The summed E-state index contributed by atoms with van der Waals surface area (Å²) in [4.78, 5) is 15.3. The number of nitrogens with one attached hydrogen (secondary N) is 1. The smallest absolute Gasteiger partial charge is 0.317 e. The fourth-order valence-corrected chi connectivity index (χ4v) is 9.12. The van der Waals surface area contributed by atoms with Gasteiger partial charge in [0.05, 0.1) is 0 Å². The van der Waals surface area contributed by atoms with Crippen LogP contribution >= 0.6 is 15.9 Å². The molecule has 1 saturated heterocycles. The van der Waals surface area contributed by atoms with Crippen molar-refractivity contribution in [3.05, 3.63) is 33.8 Å². The molecule has 30 heavy (non-hydrogen) atoms. The fraction of sp³-hybridized carbons (Fsp3) is 0.720. The molecule has 5 heteroatoms. The van der Waals surface area contributed by atoms with E-state index in [1.807, 2.05) is 0 Å². The average molecular weight is 472 g/mol. The number of halogens is 1. The van der Waals surface area contributed by atoms with Gasteiger partial charge in [-0.3, -0.25) is 0 Å². The Morgan fingerprint density at radius 3 is 2.40 bits per heavy atom. The molecule has 1 heterocycles. The van der Waals surface area contributed by atoms with Crippen molar-refractivity contribution in [2.45, 2.75) is 68.7 Å². The second-order valence-corrected chi connectivity index (χ2v) is 11.9. The number of carbonyl (C=O) groups is 1. The van der Waals surface area contributed by atoms with Crippen molar-refractivity contribution in [2.75, 3.05) is 19.6 Å². The van der Waals surface area contributed by atoms with Crippen molar-refractivity contribution < 1.29 is 4.79 Å². The summed E-state index contributed by atoms with van der Waals surface area (Å²) in [5.41, 5.74) is 9.22. The van der Waals surface area contributed by atoms with Crippen LogP contribution < -0.4 is 11.1 Å². The van der Waals surface area contributed by atoms with Crippen LogP contribution in [-0.4, -0.2) is 36.6 Å². The molecule has 4 saturated carbocycles. The monoisotopic (exact) mass is 471 g/mol. The Hall–Kier alpha value is -1.07.